The van der Waals surface area contributed by atoms with Crippen LogP contribution in [0, 0.1) is 18.8 Å². The number of carbonyl (C=O) groups is 1. The van der Waals surface area contributed by atoms with Crippen molar-refractivity contribution in [1.29, 1.82) is 0 Å². The van der Waals surface area contributed by atoms with Gasteiger partial charge in [0.15, 0.2) is 0 Å². The van der Waals surface area contributed by atoms with E-state index in [9.17, 15) is 4.79 Å². The van der Waals surface area contributed by atoms with Gasteiger partial charge >= 0.3 is 0 Å². The number of hydrogen-bond donors (Lipinski definition) is 1. The molecule has 1 fully saturated rings. The van der Waals surface area contributed by atoms with Crippen molar-refractivity contribution in [1.82, 2.24) is 19.4 Å². The molecule has 0 bridgehead atoms. The molecule has 32 heavy (non-hydrogen) atoms. The molecule has 1 unspecified atom stereocenters. The van der Waals surface area contributed by atoms with Gasteiger partial charge in [0.2, 0.25) is 0 Å². The molecule has 8 heteroatoms. The first-order valence-electron chi connectivity index (χ1n) is 10.4. The molecule has 4 heterocycles. The number of anilines is 1. The van der Waals surface area contributed by atoms with Crippen LogP contribution >= 0.6 is 11.3 Å². The van der Waals surface area contributed by atoms with E-state index in [1.807, 2.05) is 6.07 Å². The average Bonchev–Trinajstić information content (AvgIpc) is 3.49. The van der Waals surface area contributed by atoms with E-state index >= 15 is 0 Å². The Bertz CT molecular complexity index is 1430. The van der Waals surface area contributed by atoms with Crippen molar-refractivity contribution < 1.29 is 9.53 Å². The number of aromatic nitrogens is 3. The standard InChI is InChI=1S/C24H23N5O2S/c1-4-5-20(30)28-7-6-16(11-28)29-12-17(21-23(25)26-13-27-24(21)29)19-10-15-8-14(2)9-18(31-3)22(15)32-19/h8-10,12-13,16H,6-7,11H2,1-3H3,(H2,25,26,27). The number of amides is 1. The van der Waals surface area contributed by atoms with Crippen molar-refractivity contribution in [3.63, 3.8) is 0 Å². The number of nitrogens with zero attached hydrogens (tertiary/aromatic N) is 4. The van der Waals surface area contributed by atoms with Gasteiger partial charge in [0.05, 0.1) is 23.2 Å². The highest BCUT2D eigenvalue weighted by Crippen LogP contribution is 2.43. The lowest BCUT2D eigenvalue weighted by Crippen LogP contribution is -2.27. The van der Waals surface area contributed by atoms with Gasteiger partial charge in [-0.1, -0.05) is 12.0 Å². The van der Waals surface area contributed by atoms with Crippen molar-refractivity contribution in [2.24, 2.45) is 0 Å². The largest absolute Gasteiger partial charge is 0.495 e. The van der Waals surface area contributed by atoms with Gasteiger partial charge in [0.1, 0.15) is 23.5 Å². The van der Waals surface area contributed by atoms with Crippen LogP contribution in [-0.2, 0) is 4.79 Å². The lowest BCUT2D eigenvalue weighted by atomic mass is 10.1. The molecule has 1 atom stereocenters. The maximum Gasteiger partial charge on any atom is 0.298 e. The summed E-state index contributed by atoms with van der Waals surface area (Å²) in [7, 11) is 1.70. The fraction of sp³-hybridized carbons (Fsp3) is 0.292. The smallest absolute Gasteiger partial charge is 0.298 e. The van der Waals surface area contributed by atoms with Crippen LogP contribution in [0.1, 0.15) is 24.9 Å². The summed E-state index contributed by atoms with van der Waals surface area (Å²) < 4.78 is 8.86. The number of benzene rings is 1. The van der Waals surface area contributed by atoms with Gasteiger partial charge in [-0.2, -0.15) is 0 Å². The van der Waals surface area contributed by atoms with E-state index in [2.05, 4.69) is 51.6 Å². The molecule has 1 aromatic carbocycles. The summed E-state index contributed by atoms with van der Waals surface area (Å²) in [6, 6.07) is 6.48. The summed E-state index contributed by atoms with van der Waals surface area (Å²) in [6.07, 6.45) is 4.43. The predicted molar refractivity (Wildman–Crippen MR) is 128 cm³/mol. The lowest BCUT2D eigenvalue weighted by Gasteiger charge is -2.15. The number of rotatable bonds is 3. The van der Waals surface area contributed by atoms with Crippen LogP contribution < -0.4 is 10.5 Å². The zero-order valence-electron chi connectivity index (χ0n) is 18.2. The highest BCUT2D eigenvalue weighted by atomic mass is 32.1. The maximum absolute atomic E-state index is 12.2. The van der Waals surface area contributed by atoms with Crippen molar-refractivity contribution in [2.75, 3.05) is 25.9 Å². The Morgan fingerprint density at radius 2 is 2.16 bits per heavy atom. The topological polar surface area (TPSA) is 86.3 Å². The van der Waals surface area contributed by atoms with Crippen molar-refractivity contribution in [3.05, 3.63) is 36.3 Å². The zero-order valence-corrected chi connectivity index (χ0v) is 19.0. The van der Waals surface area contributed by atoms with Gasteiger partial charge in [-0.3, -0.25) is 4.79 Å². The average molecular weight is 446 g/mol. The first-order valence-corrected chi connectivity index (χ1v) is 11.2. The molecular weight excluding hydrogens is 422 g/mol. The SMILES string of the molecule is CC#CC(=O)N1CCC(n2cc(-c3cc4cc(C)cc(OC)c4s3)c3c(N)ncnc32)C1. The van der Waals surface area contributed by atoms with Gasteiger partial charge < -0.3 is 19.9 Å². The first-order chi connectivity index (χ1) is 15.5. The van der Waals surface area contributed by atoms with Crippen molar-refractivity contribution in [3.8, 4) is 28.0 Å². The van der Waals surface area contributed by atoms with Crippen LogP contribution in [0.3, 0.4) is 0 Å². The number of fused-ring (bicyclic) bond motifs is 2. The number of nitrogens with two attached hydrogens (primary N) is 1. The molecule has 1 aliphatic rings. The molecule has 3 aromatic heterocycles. The predicted octanol–water partition coefficient (Wildman–Crippen LogP) is 4.01. The van der Waals surface area contributed by atoms with E-state index in [4.69, 9.17) is 10.5 Å². The third-order valence-electron chi connectivity index (χ3n) is 5.93. The second-order valence-corrected chi connectivity index (χ2v) is 9.02. The summed E-state index contributed by atoms with van der Waals surface area (Å²) in [5, 5.41) is 1.97. The Balaban J connectivity index is 1.63. The van der Waals surface area contributed by atoms with Gasteiger partial charge in [-0.25, -0.2) is 9.97 Å². The molecule has 2 N–H and O–H groups in total. The van der Waals surface area contributed by atoms with Crippen LogP contribution in [0.15, 0.2) is 30.7 Å². The third kappa shape index (κ3) is 3.26. The van der Waals surface area contributed by atoms with Crippen LogP contribution in [0.2, 0.25) is 0 Å². The molecule has 0 saturated carbocycles. The van der Waals surface area contributed by atoms with E-state index in [0.29, 0.717) is 18.9 Å². The Morgan fingerprint density at radius 1 is 1.31 bits per heavy atom. The number of methoxy groups -OCH3 is 1. The van der Waals surface area contributed by atoms with E-state index < -0.39 is 0 Å². The second-order valence-electron chi connectivity index (χ2n) is 7.97. The molecule has 0 radical (unpaired) electrons. The fourth-order valence-electron chi connectivity index (χ4n) is 4.46. The monoisotopic (exact) mass is 445 g/mol. The molecule has 4 aromatic rings. The summed E-state index contributed by atoms with van der Waals surface area (Å²) in [5.74, 6) is 6.52. The van der Waals surface area contributed by atoms with E-state index in [0.717, 1.165) is 49.3 Å². The Hall–Kier alpha value is -3.57. The molecule has 0 aliphatic carbocycles. The van der Waals surface area contributed by atoms with Gasteiger partial charge in [-0.15, -0.1) is 11.3 Å². The summed E-state index contributed by atoms with van der Waals surface area (Å²) in [6.45, 7) is 5.01. The van der Waals surface area contributed by atoms with E-state index in [-0.39, 0.29) is 11.9 Å². The third-order valence-corrected chi connectivity index (χ3v) is 7.13. The van der Waals surface area contributed by atoms with Crippen molar-refractivity contribution >= 4 is 44.2 Å². The molecule has 1 saturated heterocycles. The number of carbonyl (C=O) groups excluding carboxylic acids is 1. The van der Waals surface area contributed by atoms with Gasteiger partial charge in [0, 0.05) is 29.7 Å². The van der Waals surface area contributed by atoms with E-state index in [1.54, 1.807) is 30.3 Å². The number of nitrogen functional groups attached to an aromatic ring is 1. The Kier molecular flexibility index (Phi) is 4.98. The van der Waals surface area contributed by atoms with Crippen LogP contribution in [0.25, 0.3) is 31.6 Å². The Morgan fingerprint density at radius 3 is 2.94 bits per heavy atom. The number of thiophene rings is 1. The summed E-state index contributed by atoms with van der Waals surface area (Å²) >= 11 is 1.67. The normalized spacial score (nSPS) is 15.8. The highest BCUT2D eigenvalue weighted by molar-refractivity contribution is 7.22. The minimum Gasteiger partial charge on any atom is -0.495 e. The number of aryl methyl sites for hydroxylation is 1. The highest BCUT2D eigenvalue weighted by Gasteiger charge is 2.29. The summed E-state index contributed by atoms with van der Waals surface area (Å²) in [4.78, 5) is 23.9. The lowest BCUT2D eigenvalue weighted by molar-refractivity contribution is -0.124. The fourth-order valence-corrected chi connectivity index (χ4v) is 5.61. The summed E-state index contributed by atoms with van der Waals surface area (Å²) in [5.41, 5.74) is 9.26. The number of likely N-dealkylation sites (tertiary alicyclic amines) is 1. The quantitative estimate of drug-likeness (QED) is 0.482. The van der Waals surface area contributed by atoms with Crippen LogP contribution in [0.4, 0.5) is 5.82 Å². The molecule has 1 aliphatic heterocycles. The molecule has 5 rings (SSSR count). The minimum atomic E-state index is -0.132. The second kappa shape index (κ2) is 7.84. The van der Waals surface area contributed by atoms with Crippen molar-refractivity contribution in [2.45, 2.75) is 26.3 Å². The van der Waals surface area contributed by atoms with E-state index in [1.165, 1.54) is 6.33 Å². The van der Waals surface area contributed by atoms with Gasteiger partial charge in [-0.05, 0) is 49.3 Å². The molecule has 7 nitrogen and oxygen atoms in total. The minimum absolute atomic E-state index is 0.106. The molecular formula is C24H23N5O2S. The van der Waals surface area contributed by atoms with Gasteiger partial charge in [0.25, 0.3) is 5.91 Å². The van der Waals surface area contributed by atoms with Crippen LogP contribution in [0.5, 0.6) is 5.75 Å². The Labute approximate surface area is 189 Å². The molecule has 1 amide bonds. The maximum atomic E-state index is 12.2. The first kappa shape index (κ1) is 20.3. The van der Waals surface area contributed by atoms with Crippen LogP contribution in [-0.4, -0.2) is 45.5 Å². The molecule has 162 valence electrons. The zero-order chi connectivity index (χ0) is 22.4. The molecule has 0 spiro atoms. The number of hydrogen-bond acceptors (Lipinski definition) is 6. The number of ether oxygens (including phenoxy) is 1.